The van der Waals surface area contributed by atoms with Crippen molar-refractivity contribution >= 4 is 14.5 Å². The lowest BCUT2D eigenvalue weighted by Gasteiger charge is -2.21. The molecule has 1 unspecified atom stereocenters. The second-order valence-electron chi connectivity index (χ2n) is 3.89. The van der Waals surface area contributed by atoms with Crippen molar-refractivity contribution in [2.75, 3.05) is 13.2 Å². The van der Waals surface area contributed by atoms with E-state index in [1.54, 1.807) is 0 Å². The van der Waals surface area contributed by atoms with Crippen LogP contribution in [0.25, 0.3) is 0 Å². The zero-order chi connectivity index (χ0) is 12.7. The molecule has 1 aromatic carbocycles. The fourth-order valence-corrected chi connectivity index (χ4v) is 3.73. The highest BCUT2D eigenvalue weighted by molar-refractivity contribution is 6.61. The predicted molar refractivity (Wildman–Crippen MR) is 73.7 cm³/mol. The molecular formula is C13H23NO2Si. The SMILES string of the molecule is CCO[SiH](OCC)c1ccccc1C(N)CC. The number of benzene rings is 1. The Morgan fingerprint density at radius 1 is 1.12 bits per heavy atom. The molecule has 17 heavy (non-hydrogen) atoms. The maximum absolute atomic E-state index is 6.14. The van der Waals surface area contributed by atoms with Crippen molar-refractivity contribution in [1.82, 2.24) is 0 Å². The number of rotatable bonds is 7. The molecule has 0 heterocycles. The van der Waals surface area contributed by atoms with Crippen molar-refractivity contribution in [2.24, 2.45) is 5.73 Å². The topological polar surface area (TPSA) is 44.5 Å². The Kier molecular flexibility index (Phi) is 6.43. The minimum Gasteiger partial charge on any atom is -0.394 e. The van der Waals surface area contributed by atoms with Crippen LogP contribution in [0.4, 0.5) is 0 Å². The Bertz CT molecular complexity index is 327. The quantitative estimate of drug-likeness (QED) is 0.751. The summed E-state index contributed by atoms with van der Waals surface area (Å²) in [5, 5.41) is 1.19. The van der Waals surface area contributed by atoms with Crippen molar-refractivity contribution in [3.05, 3.63) is 29.8 Å². The number of nitrogens with two attached hydrogens (primary N) is 1. The lowest BCUT2D eigenvalue weighted by molar-refractivity contribution is 0.225. The molecule has 1 aromatic rings. The van der Waals surface area contributed by atoms with Gasteiger partial charge in [0.1, 0.15) is 0 Å². The smallest absolute Gasteiger partial charge is 0.356 e. The molecule has 1 atom stereocenters. The molecule has 2 N–H and O–H groups in total. The summed E-state index contributed by atoms with van der Waals surface area (Å²) in [6, 6.07) is 8.30. The Morgan fingerprint density at radius 2 is 1.71 bits per heavy atom. The number of hydrogen-bond acceptors (Lipinski definition) is 3. The first kappa shape index (κ1) is 14.4. The molecule has 0 spiro atoms. The Hall–Kier alpha value is -0.683. The molecule has 0 amide bonds. The third kappa shape index (κ3) is 3.92. The normalized spacial score (nSPS) is 13.0. The zero-order valence-electron chi connectivity index (χ0n) is 11.0. The highest BCUT2D eigenvalue weighted by Gasteiger charge is 2.21. The molecule has 0 aliphatic carbocycles. The van der Waals surface area contributed by atoms with E-state index in [9.17, 15) is 0 Å². The van der Waals surface area contributed by atoms with Gasteiger partial charge in [-0.15, -0.1) is 0 Å². The summed E-state index contributed by atoms with van der Waals surface area (Å²) in [7, 11) is -1.78. The van der Waals surface area contributed by atoms with E-state index < -0.39 is 9.28 Å². The van der Waals surface area contributed by atoms with Gasteiger partial charge in [-0.05, 0) is 31.0 Å². The minimum absolute atomic E-state index is 0.0714. The summed E-state index contributed by atoms with van der Waals surface area (Å²) < 4.78 is 11.5. The summed E-state index contributed by atoms with van der Waals surface area (Å²) >= 11 is 0. The zero-order valence-corrected chi connectivity index (χ0v) is 12.1. The van der Waals surface area contributed by atoms with Crippen molar-refractivity contribution in [2.45, 2.75) is 33.2 Å². The third-order valence-electron chi connectivity index (χ3n) is 2.73. The van der Waals surface area contributed by atoms with Gasteiger partial charge in [-0.1, -0.05) is 31.2 Å². The van der Waals surface area contributed by atoms with Crippen LogP contribution in [0, 0.1) is 0 Å². The van der Waals surface area contributed by atoms with Gasteiger partial charge >= 0.3 is 9.28 Å². The van der Waals surface area contributed by atoms with E-state index in [2.05, 4.69) is 19.1 Å². The van der Waals surface area contributed by atoms with Crippen molar-refractivity contribution in [3.63, 3.8) is 0 Å². The van der Waals surface area contributed by atoms with Gasteiger partial charge in [-0.25, -0.2) is 0 Å². The van der Waals surface area contributed by atoms with Crippen LogP contribution in [-0.2, 0) is 8.85 Å². The van der Waals surface area contributed by atoms with E-state index in [1.165, 1.54) is 10.8 Å². The fraction of sp³-hybridized carbons (Fsp3) is 0.538. The molecule has 0 radical (unpaired) electrons. The lowest BCUT2D eigenvalue weighted by Crippen LogP contribution is -2.40. The van der Waals surface area contributed by atoms with Crippen molar-refractivity contribution in [3.8, 4) is 0 Å². The van der Waals surface area contributed by atoms with E-state index in [-0.39, 0.29) is 6.04 Å². The maximum Gasteiger partial charge on any atom is 0.356 e. The summed E-state index contributed by atoms with van der Waals surface area (Å²) in [6.45, 7) is 7.47. The van der Waals surface area contributed by atoms with Gasteiger partial charge in [0.15, 0.2) is 0 Å². The molecular weight excluding hydrogens is 230 g/mol. The Morgan fingerprint density at radius 3 is 2.24 bits per heavy atom. The number of hydrogen-bond donors (Lipinski definition) is 1. The predicted octanol–water partition coefficient (Wildman–Crippen LogP) is 1.60. The highest BCUT2D eigenvalue weighted by Crippen LogP contribution is 2.12. The minimum atomic E-state index is -1.78. The first-order chi connectivity index (χ1) is 8.24. The van der Waals surface area contributed by atoms with E-state index in [0.717, 1.165) is 6.42 Å². The lowest BCUT2D eigenvalue weighted by atomic mass is 10.1. The standard InChI is InChI=1S/C13H23NO2Si/c1-4-12(14)11-9-7-8-10-13(11)17(15-5-2)16-6-3/h7-10,12,17H,4-6,14H2,1-3H3. The van der Waals surface area contributed by atoms with Crippen molar-refractivity contribution < 1.29 is 8.85 Å². The van der Waals surface area contributed by atoms with Crippen LogP contribution in [0.5, 0.6) is 0 Å². The van der Waals surface area contributed by atoms with Gasteiger partial charge in [0.2, 0.25) is 0 Å². The summed E-state index contributed by atoms with van der Waals surface area (Å²) in [5.41, 5.74) is 7.31. The Labute approximate surface area is 106 Å². The summed E-state index contributed by atoms with van der Waals surface area (Å²) in [5.74, 6) is 0. The average Bonchev–Trinajstić information content (AvgIpc) is 2.37. The van der Waals surface area contributed by atoms with Crippen LogP contribution in [0.3, 0.4) is 0 Å². The highest BCUT2D eigenvalue weighted by atomic mass is 28.3. The van der Waals surface area contributed by atoms with E-state index in [1.807, 2.05) is 26.0 Å². The van der Waals surface area contributed by atoms with Gasteiger partial charge < -0.3 is 14.6 Å². The molecule has 0 aromatic heterocycles. The summed E-state index contributed by atoms with van der Waals surface area (Å²) in [6.07, 6.45) is 0.927. The van der Waals surface area contributed by atoms with Gasteiger partial charge in [0.25, 0.3) is 0 Å². The van der Waals surface area contributed by atoms with Crippen molar-refractivity contribution in [1.29, 1.82) is 0 Å². The monoisotopic (exact) mass is 253 g/mol. The second-order valence-corrected chi connectivity index (χ2v) is 5.84. The van der Waals surface area contributed by atoms with Crippen LogP contribution in [-0.4, -0.2) is 22.5 Å². The van der Waals surface area contributed by atoms with Gasteiger partial charge in [-0.3, -0.25) is 0 Å². The third-order valence-corrected chi connectivity index (χ3v) is 5.03. The van der Waals surface area contributed by atoms with E-state index >= 15 is 0 Å². The van der Waals surface area contributed by atoms with E-state index in [4.69, 9.17) is 14.6 Å². The van der Waals surface area contributed by atoms with Crippen LogP contribution < -0.4 is 10.9 Å². The van der Waals surface area contributed by atoms with Crippen LogP contribution >= 0.6 is 0 Å². The molecule has 0 aliphatic heterocycles. The molecule has 1 rings (SSSR count). The van der Waals surface area contributed by atoms with Crippen LogP contribution in [0.15, 0.2) is 24.3 Å². The van der Waals surface area contributed by atoms with Gasteiger partial charge in [-0.2, -0.15) is 0 Å². The maximum atomic E-state index is 6.14. The van der Waals surface area contributed by atoms with Gasteiger partial charge in [0.05, 0.1) is 0 Å². The molecule has 0 saturated carbocycles. The molecule has 4 heteroatoms. The first-order valence-electron chi connectivity index (χ1n) is 6.32. The average molecular weight is 253 g/mol. The molecule has 0 bridgehead atoms. The molecule has 3 nitrogen and oxygen atoms in total. The molecule has 0 aliphatic rings. The fourth-order valence-electron chi connectivity index (χ4n) is 1.81. The molecule has 0 saturated heterocycles. The first-order valence-corrected chi connectivity index (χ1v) is 7.84. The largest absolute Gasteiger partial charge is 0.394 e. The second kappa shape index (κ2) is 7.61. The molecule has 0 fully saturated rings. The van der Waals surface area contributed by atoms with Gasteiger partial charge in [0, 0.05) is 19.3 Å². The molecule has 96 valence electrons. The van der Waals surface area contributed by atoms with E-state index in [0.29, 0.717) is 13.2 Å². The van der Waals surface area contributed by atoms with Crippen LogP contribution in [0.1, 0.15) is 38.8 Å². The van der Waals surface area contributed by atoms with Crippen LogP contribution in [0.2, 0.25) is 0 Å². The summed E-state index contributed by atoms with van der Waals surface area (Å²) in [4.78, 5) is 0. The Balaban J connectivity index is 2.99.